The molecule has 23 heavy (non-hydrogen) atoms. The van der Waals surface area contributed by atoms with Gasteiger partial charge in [0.25, 0.3) is 0 Å². The molecule has 7 nitrogen and oxygen atoms in total. The second-order valence-electron chi connectivity index (χ2n) is 5.46. The van der Waals surface area contributed by atoms with E-state index in [1.54, 1.807) is 37.3 Å². The fourth-order valence-corrected chi connectivity index (χ4v) is 2.44. The lowest BCUT2D eigenvalue weighted by Gasteiger charge is -2.40. The van der Waals surface area contributed by atoms with Gasteiger partial charge >= 0.3 is 0 Å². The van der Waals surface area contributed by atoms with E-state index in [-0.39, 0.29) is 5.78 Å². The summed E-state index contributed by atoms with van der Waals surface area (Å²) in [5.74, 6) is -0.231. The Morgan fingerprint density at radius 1 is 1.22 bits per heavy atom. The molecular weight excluding hydrogens is 302 g/mol. The zero-order valence-electron chi connectivity index (χ0n) is 12.7. The largest absolute Gasteiger partial charge is 0.394 e. The van der Waals surface area contributed by atoms with Gasteiger partial charge in [0.1, 0.15) is 24.4 Å². The van der Waals surface area contributed by atoms with Crippen molar-refractivity contribution in [2.75, 3.05) is 6.61 Å². The van der Waals surface area contributed by atoms with Crippen molar-refractivity contribution in [1.29, 1.82) is 0 Å². The van der Waals surface area contributed by atoms with Crippen LogP contribution in [0.15, 0.2) is 42.1 Å². The van der Waals surface area contributed by atoms with Crippen LogP contribution in [0.5, 0.6) is 0 Å². The van der Waals surface area contributed by atoms with Crippen LogP contribution in [0.3, 0.4) is 0 Å². The molecule has 1 aliphatic rings. The molecule has 0 aliphatic carbocycles. The number of allylic oxidation sites excluding steroid dienone is 2. The Balaban J connectivity index is 2.05. The van der Waals surface area contributed by atoms with E-state index in [1.807, 2.05) is 0 Å². The number of carbonyl (C=O) groups excluding carboxylic acids is 1. The maximum absolute atomic E-state index is 12.1. The van der Waals surface area contributed by atoms with Crippen LogP contribution in [-0.4, -0.2) is 63.5 Å². The molecule has 0 saturated carbocycles. The number of ketones is 1. The summed E-state index contributed by atoms with van der Waals surface area (Å²) in [5, 5.41) is 41.5. The Morgan fingerprint density at radius 3 is 2.48 bits per heavy atom. The Morgan fingerprint density at radius 2 is 1.87 bits per heavy atom. The van der Waals surface area contributed by atoms with Gasteiger partial charge in [-0.05, 0) is 6.92 Å². The number of ether oxygens (including phenoxy) is 1. The van der Waals surface area contributed by atoms with Crippen molar-refractivity contribution in [3.8, 4) is 0 Å². The summed E-state index contributed by atoms with van der Waals surface area (Å²) in [5.41, 5.74) is 0.912. The van der Waals surface area contributed by atoms with Crippen molar-refractivity contribution in [2.45, 2.75) is 37.6 Å². The first-order valence-electron chi connectivity index (χ1n) is 7.28. The van der Waals surface area contributed by atoms with Gasteiger partial charge in [0.15, 0.2) is 12.1 Å². The molecule has 2 rings (SSSR count). The predicted molar refractivity (Wildman–Crippen MR) is 81.4 cm³/mol. The van der Waals surface area contributed by atoms with Gasteiger partial charge in [-0.1, -0.05) is 30.3 Å². The average molecular weight is 323 g/mol. The molecule has 1 aromatic rings. The minimum absolute atomic E-state index is 0.231. The van der Waals surface area contributed by atoms with Gasteiger partial charge in [0.2, 0.25) is 0 Å². The first-order chi connectivity index (χ1) is 10.9. The van der Waals surface area contributed by atoms with Crippen molar-refractivity contribution >= 4 is 5.78 Å². The van der Waals surface area contributed by atoms with Crippen LogP contribution in [-0.2, 0) is 4.74 Å². The molecule has 1 aliphatic heterocycles. The van der Waals surface area contributed by atoms with Crippen molar-refractivity contribution in [2.24, 2.45) is 0 Å². The van der Waals surface area contributed by atoms with Crippen LogP contribution in [0.2, 0.25) is 0 Å². The highest BCUT2D eigenvalue weighted by Crippen LogP contribution is 2.20. The first-order valence-corrected chi connectivity index (χ1v) is 7.28. The van der Waals surface area contributed by atoms with Crippen LogP contribution in [0.25, 0.3) is 0 Å². The fraction of sp³-hybridized carbons (Fsp3) is 0.438. The maximum atomic E-state index is 12.1. The average Bonchev–Trinajstić information content (AvgIpc) is 2.55. The number of hydrogen-bond donors (Lipinski definition) is 5. The number of rotatable bonds is 5. The second kappa shape index (κ2) is 7.67. The van der Waals surface area contributed by atoms with Crippen molar-refractivity contribution in [3.63, 3.8) is 0 Å². The molecule has 126 valence electrons. The SMILES string of the molecule is C/C(=C\C(=O)c1ccccc1)N[C@@H]1[C@@H](O)[C@H](O)[C@@H](CO)O[C@H]1O. The highest BCUT2D eigenvalue weighted by Gasteiger charge is 2.43. The summed E-state index contributed by atoms with van der Waals surface area (Å²) >= 11 is 0. The molecule has 1 saturated heterocycles. The summed E-state index contributed by atoms with van der Waals surface area (Å²) < 4.78 is 5.04. The molecule has 1 fully saturated rings. The standard InChI is InChI=1S/C16H21NO6/c1-9(7-11(19)10-5-3-2-4-6-10)17-13-15(21)14(20)12(8-18)23-16(13)22/h2-7,12-18,20-22H,8H2,1H3/b9-7+/t12-,13-,14-,15-,16-/m1/s1. The minimum atomic E-state index is -1.43. The van der Waals surface area contributed by atoms with Crippen molar-refractivity contribution in [1.82, 2.24) is 5.32 Å². The summed E-state index contributed by atoms with van der Waals surface area (Å²) in [7, 11) is 0. The lowest BCUT2D eigenvalue weighted by molar-refractivity contribution is -0.253. The summed E-state index contributed by atoms with van der Waals surface area (Å²) in [6.07, 6.45) is -3.86. The Kier molecular flexibility index (Phi) is 5.86. The number of carbonyl (C=O) groups is 1. The quantitative estimate of drug-likeness (QED) is 0.354. The molecule has 0 bridgehead atoms. The summed E-state index contributed by atoms with van der Waals surface area (Å²) in [4.78, 5) is 12.1. The van der Waals surface area contributed by atoms with E-state index < -0.39 is 37.3 Å². The fourth-order valence-electron chi connectivity index (χ4n) is 2.44. The topological polar surface area (TPSA) is 119 Å². The van der Waals surface area contributed by atoms with Crippen LogP contribution >= 0.6 is 0 Å². The van der Waals surface area contributed by atoms with Gasteiger partial charge in [-0.15, -0.1) is 0 Å². The molecule has 0 unspecified atom stereocenters. The number of aliphatic hydroxyl groups is 4. The zero-order chi connectivity index (χ0) is 17.0. The molecule has 0 radical (unpaired) electrons. The molecule has 5 atom stereocenters. The van der Waals surface area contributed by atoms with Gasteiger partial charge in [0, 0.05) is 17.3 Å². The van der Waals surface area contributed by atoms with E-state index in [0.29, 0.717) is 11.3 Å². The van der Waals surface area contributed by atoms with Gasteiger partial charge in [-0.3, -0.25) is 4.79 Å². The Labute approximate surface area is 133 Å². The molecule has 0 amide bonds. The first kappa shape index (κ1) is 17.6. The highest BCUT2D eigenvalue weighted by atomic mass is 16.6. The van der Waals surface area contributed by atoms with E-state index in [1.165, 1.54) is 6.08 Å². The lowest BCUT2D eigenvalue weighted by Crippen LogP contribution is -2.62. The van der Waals surface area contributed by atoms with E-state index >= 15 is 0 Å². The monoisotopic (exact) mass is 323 g/mol. The van der Waals surface area contributed by atoms with Crippen LogP contribution in [0.4, 0.5) is 0 Å². The van der Waals surface area contributed by atoms with Gasteiger partial charge in [-0.25, -0.2) is 0 Å². The zero-order valence-corrected chi connectivity index (χ0v) is 12.7. The van der Waals surface area contributed by atoms with E-state index in [4.69, 9.17) is 9.84 Å². The second-order valence-corrected chi connectivity index (χ2v) is 5.46. The number of nitrogens with one attached hydrogen (secondary N) is 1. The summed E-state index contributed by atoms with van der Waals surface area (Å²) in [6, 6.07) is 7.63. The van der Waals surface area contributed by atoms with E-state index in [9.17, 15) is 20.1 Å². The van der Waals surface area contributed by atoms with Crippen molar-refractivity contribution < 1.29 is 30.0 Å². The predicted octanol–water partition coefficient (Wildman–Crippen LogP) is -0.837. The molecule has 5 N–H and O–H groups in total. The van der Waals surface area contributed by atoms with Gasteiger partial charge < -0.3 is 30.5 Å². The van der Waals surface area contributed by atoms with Gasteiger partial charge in [-0.2, -0.15) is 0 Å². The van der Waals surface area contributed by atoms with Crippen LogP contribution in [0, 0.1) is 0 Å². The molecule has 1 heterocycles. The van der Waals surface area contributed by atoms with E-state index in [0.717, 1.165) is 0 Å². The molecular formula is C16H21NO6. The minimum Gasteiger partial charge on any atom is -0.394 e. The van der Waals surface area contributed by atoms with Crippen molar-refractivity contribution in [3.05, 3.63) is 47.7 Å². The highest BCUT2D eigenvalue weighted by molar-refractivity contribution is 6.04. The third-order valence-electron chi connectivity index (χ3n) is 3.70. The Hall–Kier alpha value is -1.77. The normalized spacial score (nSPS) is 31.7. The molecule has 0 aromatic heterocycles. The molecule has 0 spiro atoms. The maximum Gasteiger partial charge on any atom is 0.187 e. The third kappa shape index (κ3) is 4.15. The van der Waals surface area contributed by atoms with Crippen LogP contribution < -0.4 is 5.32 Å². The number of hydrogen-bond acceptors (Lipinski definition) is 7. The van der Waals surface area contributed by atoms with E-state index in [2.05, 4.69) is 5.32 Å². The molecule has 1 aromatic carbocycles. The number of benzene rings is 1. The Bertz CT molecular complexity index is 561. The lowest BCUT2D eigenvalue weighted by atomic mass is 9.97. The van der Waals surface area contributed by atoms with Gasteiger partial charge in [0.05, 0.1) is 6.61 Å². The van der Waals surface area contributed by atoms with Crippen LogP contribution in [0.1, 0.15) is 17.3 Å². The molecule has 7 heteroatoms. The smallest absolute Gasteiger partial charge is 0.187 e. The third-order valence-corrected chi connectivity index (χ3v) is 3.70. The summed E-state index contributed by atoms with van der Waals surface area (Å²) in [6.45, 7) is 1.08. The number of aliphatic hydroxyl groups excluding tert-OH is 4.